The highest BCUT2D eigenvalue weighted by molar-refractivity contribution is 5.93. The average Bonchev–Trinajstić information content (AvgIpc) is 3.35. The highest BCUT2D eigenvalue weighted by Crippen LogP contribution is 2.19. The molecule has 1 aliphatic heterocycles. The molecule has 0 spiro atoms. The molecule has 0 bridgehead atoms. The lowest BCUT2D eigenvalue weighted by Crippen LogP contribution is -2.37. The molecule has 1 fully saturated rings. The third-order valence-electron chi connectivity index (χ3n) is 4.56. The van der Waals surface area contributed by atoms with Crippen LogP contribution >= 0.6 is 0 Å². The molecule has 1 saturated heterocycles. The van der Waals surface area contributed by atoms with E-state index >= 15 is 0 Å². The van der Waals surface area contributed by atoms with Gasteiger partial charge in [0.1, 0.15) is 17.2 Å². The SMILES string of the molecule is O=C(c1cc(=O)c2cc(F)ccc2o1)N(Cc1ccco1)CC1CCCO1. The Labute approximate surface area is 154 Å². The fourth-order valence-electron chi connectivity index (χ4n) is 3.23. The number of rotatable bonds is 5. The van der Waals surface area contributed by atoms with Crippen LogP contribution in [0.1, 0.15) is 29.2 Å². The minimum Gasteiger partial charge on any atom is -0.467 e. The fraction of sp³-hybridized carbons (Fsp3) is 0.300. The Morgan fingerprint density at radius 3 is 2.89 bits per heavy atom. The van der Waals surface area contributed by atoms with Gasteiger partial charge < -0.3 is 18.5 Å². The van der Waals surface area contributed by atoms with Crippen molar-refractivity contribution in [3.63, 3.8) is 0 Å². The van der Waals surface area contributed by atoms with Crippen molar-refractivity contribution in [2.75, 3.05) is 13.2 Å². The lowest BCUT2D eigenvalue weighted by Gasteiger charge is -2.24. The molecular weight excluding hydrogens is 353 g/mol. The van der Waals surface area contributed by atoms with Crippen LogP contribution in [0.15, 0.2) is 56.3 Å². The largest absolute Gasteiger partial charge is 0.467 e. The molecule has 1 unspecified atom stereocenters. The van der Waals surface area contributed by atoms with Crippen molar-refractivity contribution in [3.8, 4) is 0 Å². The van der Waals surface area contributed by atoms with Crippen molar-refractivity contribution < 1.29 is 22.8 Å². The maximum absolute atomic E-state index is 13.4. The zero-order valence-electron chi connectivity index (χ0n) is 14.5. The summed E-state index contributed by atoms with van der Waals surface area (Å²) in [5, 5.41) is 0.100. The summed E-state index contributed by atoms with van der Waals surface area (Å²) >= 11 is 0. The maximum atomic E-state index is 13.4. The van der Waals surface area contributed by atoms with Gasteiger partial charge in [0.05, 0.1) is 24.3 Å². The molecular formula is C20H18FNO5. The second kappa shape index (κ2) is 7.36. The van der Waals surface area contributed by atoms with Crippen LogP contribution in [-0.4, -0.2) is 30.1 Å². The van der Waals surface area contributed by atoms with E-state index in [1.54, 1.807) is 17.0 Å². The van der Waals surface area contributed by atoms with Gasteiger partial charge in [0.2, 0.25) is 0 Å². The first-order chi connectivity index (χ1) is 13.1. The normalized spacial score (nSPS) is 16.7. The predicted octanol–water partition coefficient (Wildman–Crippen LogP) is 3.35. The predicted molar refractivity (Wildman–Crippen MR) is 94.9 cm³/mol. The zero-order chi connectivity index (χ0) is 18.8. The number of fused-ring (bicyclic) bond motifs is 1. The van der Waals surface area contributed by atoms with Gasteiger partial charge in [-0.05, 0) is 43.2 Å². The van der Waals surface area contributed by atoms with Gasteiger partial charge in [0.15, 0.2) is 11.2 Å². The minimum atomic E-state index is -0.535. The zero-order valence-corrected chi connectivity index (χ0v) is 14.5. The molecule has 3 aromatic rings. The van der Waals surface area contributed by atoms with E-state index in [1.807, 2.05) is 0 Å². The lowest BCUT2D eigenvalue weighted by atomic mass is 10.2. The number of hydrogen-bond acceptors (Lipinski definition) is 5. The van der Waals surface area contributed by atoms with Gasteiger partial charge in [0, 0.05) is 19.2 Å². The Morgan fingerprint density at radius 1 is 1.26 bits per heavy atom. The first kappa shape index (κ1) is 17.5. The second-order valence-corrected chi connectivity index (χ2v) is 6.52. The smallest absolute Gasteiger partial charge is 0.290 e. The molecule has 140 valence electrons. The summed E-state index contributed by atoms with van der Waals surface area (Å²) in [6, 6.07) is 8.26. The molecule has 27 heavy (non-hydrogen) atoms. The number of carbonyl (C=O) groups is 1. The van der Waals surface area contributed by atoms with Crippen LogP contribution in [0.2, 0.25) is 0 Å². The van der Waals surface area contributed by atoms with Crippen LogP contribution in [-0.2, 0) is 11.3 Å². The number of nitrogens with zero attached hydrogens (tertiary/aromatic N) is 1. The van der Waals surface area contributed by atoms with Crippen molar-refractivity contribution in [2.24, 2.45) is 0 Å². The molecule has 0 saturated carbocycles. The first-order valence-electron chi connectivity index (χ1n) is 8.77. The van der Waals surface area contributed by atoms with Crippen LogP contribution in [0.25, 0.3) is 11.0 Å². The number of ether oxygens (including phenoxy) is 1. The van der Waals surface area contributed by atoms with E-state index in [2.05, 4.69) is 0 Å². The van der Waals surface area contributed by atoms with Crippen molar-refractivity contribution in [1.29, 1.82) is 0 Å². The van der Waals surface area contributed by atoms with E-state index in [0.29, 0.717) is 18.9 Å². The number of furan rings is 1. The number of amides is 1. The minimum absolute atomic E-state index is 0.0646. The van der Waals surface area contributed by atoms with Gasteiger partial charge in [-0.2, -0.15) is 0 Å². The Bertz CT molecular complexity index is 1000. The number of benzene rings is 1. The maximum Gasteiger partial charge on any atom is 0.290 e. The van der Waals surface area contributed by atoms with Crippen LogP contribution in [0, 0.1) is 5.82 Å². The summed E-state index contributed by atoms with van der Waals surface area (Å²) in [4.78, 5) is 26.9. The summed E-state index contributed by atoms with van der Waals surface area (Å²) < 4.78 is 29.9. The van der Waals surface area contributed by atoms with Gasteiger partial charge in [-0.15, -0.1) is 0 Å². The van der Waals surface area contributed by atoms with Crippen molar-refractivity contribution >= 4 is 16.9 Å². The molecule has 6 nitrogen and oxygen atoms in total. The summed E-state index contributed by atoms with van der Waals surface area (Å²) in [5.41, 5.74) is -0.295. The van der Waals surface area contributed by atoms with Gasteiger partial charge >= 0.3 is 0 Å². The Balaban J connectivity index is 1.66. The summed E-state index contributed by atoms with van der Waals surface area (Å²) in [6.07, 6.45) is 3.28. The average molecular weight is 371 g/mol. The monoisotopic (exact) mass is 371 g/mol. The van der Waals surface area contributed by atoms with E-state index in [-0.39, 0.29) is 29.4 Å². The van der Waals surface area contributed by atoms with Gasteiger partial charge in [0.25, 0.3) is 5.91 Å². The quantitative estimate of drug-likeness (QED) is 0.688. The topological polar surface area (TPSA) is 72.9 Å². The molecule has 1 aliphatic rings. The molecule has 3 heterocycles. The lowest BCUT2D eigenvalue weighted by molar-refractivity contribution is 0.0469. The summed E-state index contributed by atoms with van der Waals surface area (Å²) in [5.74, 6) is -0.452. The molecule has 1 aromatic carbocycles. The van der Waals surface area contributed by atoms with Crippen LogP contribution in [0.5, 0.6) is 0 Å². The van der Waals surface area contributed by atoms with Crippen molar-refractivity contribution in [3.05, 3.63) is 70.2 Å². The number of carbonyl (C=O) groups excluding carboxylic acids is 1. The van der Waals surface area contributed by atoms with Crippen molar-refractivity contribution in [1.82, 2.24) is 4.90 Å². The van der Waals surface area contributed by atoms with E-state index in [0.717, 1.165) is 25.0 Å². The van der Waals surface area contributed by atoms with Gasteiger partial charge in [-0.25, -0.2) is 4.39 Å². The molecule has 7 heteroatoms. The highest BCUT2D eigenvalue weighted by atomic mass is 19.1. The van der Waals surface area contributed by atoms with E-state index < -0.39 is 17.2 Å². The molecule has 1 atom stereocenters. The number of halogens is 1. The molecule has 0 aliphatic carbocycles. The van der Waals surface area contributed by atoms with Gasteiger partial charge in [-0.1, -0.05) is 0 Å². The molecule has 0 radical (unpaired) electrons. The van der Waals surface area contributed by atoms with Crippen LogP contribution in [0.4, 0.5) is 4.39 Å². The van der Waals surface area contributed by atoms with Gasteiger partial charge in [-0.3, -0.25) is 9.59 Å². The Kier molecular flexibility index (Phi) is 4.77. The molecule has 0 N–H and O–H groups in total. The molecule has 2 aromatic heterocycles. The molecule has 1 amide bonds. The Morgan fingerprint density at radius 2 is 2.15 bits per heavy atom. The number of hydrogen-bond donors (Lipinski definition) is 0. The standard InChI is InChI=1S/C20H18FNO5/c21-13-5-6-18-16(9-13)17(23)10-19(27-18)20(24)22(11-14-3-1-7-25-14)12-15-4-2-8-26-15/h1,3,5-7,9-10,15H,2,4,8,11-12H2. The second-order valence-electron chi connectivity index (χ2n) is 6.52. The third kappa shape index (κ3) is 3.78. The Hall–Kier alpha value is -2.93. The van der Waals surface area contributed by atoms with E-state index in [9.17, 15) is 14.0 Å². The van der Waals surface area contributed by atoms with Crippen molar-refractivity contribution in [2.45, 2.75) is 25.5 Å². The molecule has 4 rings (SSSR count). The fourth-order valence-corrected chi connectivity index (χ4v) is 3.23. The summed E-state index contributed by atoms with van der Waals surface area (Å²) in [6.45, 7) is 1.27. The third-order valence-corrected chi connectivity index (χ3v) is 4.56. The first-order valence-corrected chi connectivity index (χ1v) is 8.77. The van der Waals surface area contributed by atoms with Crippen LogP contribution < -0.4 is 5.43 Å². The summed E-state index contributed by atoms with van der Waals surface area (Å²) in [7, 11) is 0. The van der Waals surface area contributed by atoms with Crippen LogP contribution in [0.3, 0.4) is 0 Å². The highest BCUT2D eigenvalue weighted by Gasteiger charge is 2.26. The van der Waals surface area contributed by atoms with E-state index in [1.165, 1.54) is 18.4 Å². The van der Waals surface area contributed by atoms with E-state index in [4.69, 9.17) is 13.6 Å².